The molecule has 0 saturated heterocycles. The minimum atomic E-state index is 0.689. The molecule has 0 unspecified atom stereocenters. The molecule has 2 N–H and O–H groups in total. The molecular formula is C14H22N6. The van der Waals surface area contributed by atoms with Gasteiger partial charge in [-0.05, 0) is 19.8 Å². The zero-order chi connectivity index (χ0) is 14.2. The van der Waals surface area contributed by atoms with E-state index in [1.54, 1.807) is 6.20 Å². The third kappa shape index (κ3) is 4.22. The lowest BCUT2D eigenvalue weighted by Crippen LogP contribution is -2.11. The van der Waals surface area contributed by atoms with Crippen molar-refractivity contribution in [2.75, 3.05) is 23.7 Å². The molecule has 0 bridgehead atoms. The number of rotatable bonds is 8. The molecule has 0 aliphatic rings. The monoisotopic (exact) mass is 274 g/mol. The minimum absolute atomic E-state index is 0.689. The van der Waals surface area contributed by atoms with E-state index >= 15 is 0 Å². The van der Waals surface area contributed by atoms with Crippen LogP contribution in [-0.4, -0.2) is 32.6 Å². The molecular weight excluding hydrogens is 252 g/mol. The molecule has 0 radical (unpaired) electrons. The van der Waals surface area contributed by atoms with Gasteiger partial charge in [0.25, 0.3) is 0 Å². The Morgan fingerprint density at radius 1 is 1.25 bits per heavy atom. The molecule has 2 rings (SSSR count). The van der Waals surface area contributed by atoms with Gasteiger partial charge >= 0.3 is 0 Å². The third-order valence-corrected chi connectivity index (χ3v) is 2.95. The molecule has 0 fully saturated rings. The van der Waals surface area contributed by atoms with Crippen LogP contribution in [0.2, 0.25) is 0 Å². The lowest BCUT2D eigenvalue weighted by Gasteiger charge is -2.10. The van der Waals surface area contributed by atoms with Gasteiger partial charge in [0.2, 0.25) is 5.95 Å². The summed E-state index contributed by atoms with van der Waals surface area (Å²) in [6.45, 7) is 6.86. The summed E-state index contributed by atoms with van der Waals surface area (Å²) in [6.07, 6.45) is 9.55. The highest BCUT2D eigenvalue weighted by Gasteiger charge is 2.02. The molecule has 0 spiro atoms. The predicted octanol–water partition coefficient (Wildman–Crippen LogP) is 2.31. The Labute approximate surface area is 119 Å². The zero-order valence-electron chi connectivity index (χ0n) is 12.1. The van der Waals surface area contributed by atoms with Gasteiger partial charge in [0, 0.05) is 43.8 Å². The predicted molar refractivity (Wildman–Crippen MR) is 80.9 cm³/mol. The summed E-state index contributed by atoms with van der Waals surface area (Å²) >= 11 is 0. The average Bonchev–Trinajstić information content (AvgIpc) is 2.97. The second kappa shape index (κ2) is 7.47. The fourth-order valence-electron chi connectivity index (χ4n) is 1.83. The van der Waals surface area contributed by atoms with Crippen LogP contribution in [-0.2, 0) is 6.54 Å². The van der Waals surface area contributed by atoms with Crippen LogP contribution >= 0.6 is 0 Å². The van der Waals surface area contributed by atoms with Gasteiger partial charge in [0.15, 0.2) is 0 Å². The average molecular weight is 274 g/mol. The fraction of sp³-hybridized carbons (Fsp3) is 0.500. The molecule has 0 atom stereocenters. The lowest BCUT2D eigenvalue weighted by molar-refractivity contribution is 0.660. The molecule has 2 aromatic heterocycles. The van der Waals surface area contributed by atoms with Gasteiger partial charge in [0.05, 0.1) is 6.33 Å². The van der Waals surface area contributed by atoms with Crippen LogP contribution in [0.5, 0.6) is 0 Å². The van der Waals surface area contributed by atoms with Gasteiger partial charge in [0.1, 0.15) is 5.82 Å². The topological polar surface area (TPSA) is 67.7 Å². The SMILES string of the molecule is CCCNc1ncc(C)c(NCCCn2ccnc2)n1. The molecule has 0 aliphatic carbocycles. The van der Waals surface area contributed by atoms with Gasteiger partial charge in [-0.1, -0.05) is 6.92 Å². The highest BCUT2D eigenvalue weighted by Crippen LogP contribution is 2.12. The van der Waals surface area contributed by atoms with Crippen molar-refractivity contribution in [1.29, 1.82) is 0 Å². The van der Waals surface area contributed by atoms with E-state index < -0.39 is 0 Å². The van der Waals surface area contributed by atoms with E-state index in [4.69, 9.17) is 0 Å². The number of aromatic nitrogens is 4. The number of aryl methyl sites for hydroxylation is 2. The van der Waals surface area contributed by atoms with E-state index in [1.807, 2.05) is 25.6 Å². The van der Waals surface area contributed by atoms with Crippen LogP contribution in [0.3, 0.4) is 0 Å². The molecule has 0 aromatic carbocycles. The normalized spacial score (nSPS) is 10.5. The Balaban J connectivity index is 1.81. The van der Waals surface area contributed by atoms with Crippen molar-refractivity contribution in [2.45, 2.75) is 33.2 Å². The maximum Gasteiger partial charge on any atom is 0.224 e. The lowest BCUT2D eigenvalue weighted by atomic mass is 10.3. The van der Waals surface area contributed by atoms with Crippen LogP contribution in [0, 0.1) is 6.92 Å². The number of nitrogens with zero attached hydrogens (tertiary/aromatic N) is 4. The number of hydrogen-bond acceptors (Lipinski definition) is 5. The maximum atomic E-state index is 4.49. The van der Waals surface area contributed by atoms with E-state index in [9.17, 15) is 0 Å². The van der Waals surface area contributed by atoms with Gasteiger partial charge in [-0.25, -0.2) is 9.97 Å². The van der Waals surface area contributed by atoms with Crippen molar-refractivity contribution in [3.05, 3.63) is 30.5 Å². The molecule has 2 aromatic rings. The number of hydrogen-bond donors (Lipinski definition) is 2. The molecule has 6 nitrogen and oxygen atoms in total. The van der Waals surface area contributed by atoms with E-state index in [1.165, 1.54) is 0 Å². The Morgan fingerprint density at radius 3 is 2.90 bits per heavy atom. The Bertz CT molecular complexity index is 508. The fourth-order valence-corrected chi connectivity index (χ4v) is 1.83. The van der Waals surface area contributed by atoms with E-state index in [0.29, 0.717) is 5.95 Å². The summed E-state index contributed by atoms with van der Waals surface area (Å²) in [7, 11) is 0. The first kappa shape index (κ1) is 14.3. The maximum absolute atomic E-state index is 4.49. The third-order valence-electron chi connectivity index (χ3n) is 2.95. The van der Waals surface area contributed by atoms with Crippen molar-refractivity contribution in [1.82, 2.24) is 19.5 Å². The minimum Gasteiger partial charge on any atom is -0.370 e. The van der Waals surface area contributed by atoms with Crippen LogP contribution in [0.15, 0.2) is 24.9 Å². The second-order valence-electron chi connectivity index (χ2n) is 4.73. The van der Waals surface area contributed by atoms with Crippen molar-refractivity contribution in [2.24, 2.45) is 0 Å². The van der Waals surface area contributed by atoms with E-state index in [0.717, 1.165) is 43.9 Å². The number of anilines is 2. The molecule has 0 aliphatic heterocycles. The number of imidazole rings is 1. The Morgan fingerprint density at radius 2 is 2.15 bits per heavy atom. The van der Waals surface area contributed by atoms with E-state index in [-0.39, 0.29) is 0 Å². The summed E-state index contributed by atoms with van der Waals surface area (Å²) in [6, 6.07) is 0. The van der Waals surface area contributed by atoms with Crippen molar-refractivity contribution in [3.63, 3.8) is 0 Å². The summed E-state index contributed by atoms with van der Waals surface area (Å²) in [5, 5.41) is 6.57. The second-order valence-corrected chi connectivity index (χ2v) is 4.73. The molecule has 0 amide bonds. The van der Waals surface area contributed by atoms with Crippen LogP contribution < -0.4 is 10.6 Å². The first-order chi connectivity index (χ1) is 9.79. The van der Waals surface area contributed by atoms with Crippen LogP contribution in [0.4, 0.5) is 11.8 Å². The van der Waals surface area contributed by atoms with Gasteiger partial charge in [-0.3, -0.25) is 0 Å². The molecule has 0 saturated carbocycles. The molecule has 6 heteroatoms. The van der Waals surface area contributed by atoms with Crippen molar-refractivity contribution in [3.8, 4) is 0 Å². The molecule has 20 heavy (non-hydrogen) atoms. The summed E-state index contributed by atoms with van der Waals surface area (Å²) in [5.41, 5.74) is 1.06. The Kier molecular flexibility index (Phi) is 5.34. The first-order valence-electron chi connectivity index (χ1n) is 7.06. The van der Waals surface area contributed by atoms with Crippen molar-refractivity contribution >= 4 is 11.8 Å². The Hall–Kier alpha value is -2.11. The quantitative estimate of drug-likeness (QED) is 0.723. The van der Waals surface area contributed by atoms with Crippen LogP contribution in [0.25, 0.3) is 0 Å². The summed E-state index contributed by atoms with van der Waals surface area (Å²) in [4.78, 5) is 12.8. The molecule has 2 heterocycles. The first-order valence-corrected chi connectivity index (χ1v) is 7.06. The highest BCUT2D eigenvalue weighted by molar-refractivity contribution is 5.46. The van der Waals surface area contributed by atoms with Crippen molar-refractivity contribution < 1.29 is 0 Å². The zero-order valence-corrected chi connectivity index (χ0v) is 12.1. The highest BCUT2D eigenvalue weighted by atomic mass is 15.1. The standard InChI is InChI=1S/C14H22N6/c1-3-5-17-14-18-10-12(2)13(19-14)16-6-4-8-20-9-7-15-11-20/h7,9-11H,3-6,8H2,1-2H3,(H2,16,17,18,19). The summed E-state index contributed by atoms with van der Waals surface area (Å²) < 4.78 is 2.07. The largest absolute Gasteiger partial charge is 0.370 e. The van der Waals surface area contributed by atoms with Gasteiger partial charge in [-0.15, -0.1) is 0 Å². The number of nitrogens with one attached hydrogen (secondary N) is 2. The smallest absolute Gasteiger partial charge is 0.224 e. The van der Waals surface area contributed by atoms with Crippen LogP contribution in [0.1, 0.15) is 25.3 Å². The summed E-state index contributed by atoms with van der Waals surface area (Å²) in [5.74, 6) is 1.60. The molecule has 108 valence electrons. The van der Waals surface area contributed by atoms with Gasteiger partial charge in [-0.2, -0.15) is 4.98 Å². The van der Waals surface area contributed by atoms with E-state index in [2.05, 4.69) is 37.1 Å². The van der Waals surface area contributed by atoms with Gasteiger partial charge < -0.3 is 15.2 Å².